The molecule has 0 fully saturated rings. The van der Waals surface area contributed by atoms with Crippen molar-refractivity contribution in [1.82, 2.24) is 0 Å². The van der Waals surface area contributed by atoms with Crippen LogP contribution in [0.5, 0.6) is 5.75 Å². The number of carbonyl (C=O) groups excluding carboxylic acids is 1. The summed E-state index contributed by atoms with van der Waals surface area (Å²) in [6.07, 6.45) is 0. The van der Waals surface area contributed by atoms with Gasteiger partial charge in [0.15, 0.2) is 0 Å². The highest BCUT2D eigenvalue weighted by molar-refractivity contribution is 6.32. The van der Waals surface area contributed by atoms with Gasteiger partial charge in [0, 0.05) is 5.69 Å². The number of anilines is 1. The van der Waals surface area contributed by atoms with Crippen LogP contribution < -0.4 is 10.1 Å². The summed E-state index contributed by atoms with van der Waals surface area (Å²) in [7, 11) is 0. The fourth-order valence-corrected chi connectivity index (χ4v) is 2.09. The van der Waals surface area contributed by atoms with Crippen molar-refractivity contribution in [2.45, 2.75) is 6.92 Å². The average molecular weight is 340 g/mol. The standard InChI is InChI=1S/C18H14ClN3O2/c1-12(11-24-16-6-2-13(9-20)3-7-16)18(23)22-15-5-4-14(10-21)17(19)8-15/h2-8,12H,11H2,1H3,(H,22,23). The number of amides is 1. The Morgan fingerprint density at radius 3 is 2.50 bits per heavy atom. The van der Waals surface area contributed by atoms with E-state index >= 15 is 0 Å². The van der Waals surface area contributed by atoms with E-state index < -0.39 is 5.92 Å². The van der Waals surface area contributed by atoms with Gasteiger partial charge in [0.2, 0.25) is 5.91 Å². The Morgan fingerprint density at radius 1 is 1.21 bits per heavy atom. The summed E-state index contributed by atoms with van der Waals surface area (Å²) in [4.78, 5) is 12.2. The lowest BCUT2D eigenvalue weighted by molar-refractivity contribution is -0.120. The van der Waals surface area contributed by atoms with Gasteiger partial charge in [-0.2, -0.15) is 10.5 Å². The van der Waals surface area contributed by atoms with Gasteiger partial charge in [-0.05, 0) is 42.5 Å². The number of benzene rings is 2. The van der Waals surface area contributed by atoms with E-state index in [2.05, 4.69) is 5.32 Å². The molecule has 0 aliphatic rings. The van der Waals surface area contributed by atoms with E-state index in [4.69, 9.17) is 26.9 Å². The van der Waals surface area contributed by atoms with E-state index in [1.807, 2.05) is 12.1 Å². The van der Waals surface area contributed by atoms with Crippen molar-refractivity contribution >= 4 is 23.2 Å². The van der Waals surface area contributed by atoms with Gasteiger partial charge in [-0.3, -0.25) is 4.79 Å². The molecule has 1 N–H and O–H groups in total. The number of nitrogens with one attached hydrogen (secondary N) is 1. The maximum absolute atomic E-state index is 12.2. The van der Waals surface area contributed by atoms with E-state index in [1.54, 1.807) is 43.3 Å². The van der Waals surface area contributed by atoms with Crippen molar-refractivity contribution in [1.29, 1.82) is 10.5 Å². The third kappa shape index (κ3) is 4.49. The molecule has 2 aromatic rings. The second-order valence-corrected chi connectivity index (χ2v) is 5.55. The summed E-state index contributed by atoms with van der Waals surface area (Å²) in [5, 5.41) is 20.6. The summed E-state index contributed by atoms with van der Waals surface area (Å²) in [6.45, 7) is 1.94. The third-order valence-electron chi connectivity index (χ3n) is 3.29. The van der Waals surface area contributed by atoms with E-state index in [-0.39, 0.29) is 17.5 Å². The predicted octanol–water partition coefficient (Wildman–Crippen LogP) is 3.74. The Kier molecular flexibility index (Phi) is 5.78. The van der Waals surface area contributed by atoms with Gasteiger partial charge in [0.25, 0.3) is 0 Å². The van der Waals surface area contributed by atoms with Gasteiger partial charge in [-0.1, -0.05) is 18.5 Å². The van der Waals surface area contributed by atoms with Crippen molar-refractivity contribution in [2.75, 3.05) is 11.9 Å². The van der Waals surface area contributed by atoms with Crippen LogP contribution in [0.4, 0.5) is 5.69 Å². The maximum Gasteiger partial charge on any atom is 0.230 e. The van der Waals surface area contributed by atoms with Crippen LogP contribution in [-0.4, -0.2) is 12.5 Å². The van der Waals surface area contributed by atoms with Crippen molar-refractivity contribution in [3.63, 3.8) is 0 Å². The van der Waals surface area contributed by atoms with Crippen LogP contribution in [-0.2, 0) is 4.79 Å². The van der Waals surface area contributed by atoms with E-state index in [1.165, 1.54) is 6.07 Å². The topological polar surface area (TPSA) is 85.9 Å². The molecule has 0 aromatic heterocycles. The number of carbonyl (C=O) groups is 1. The van der Waals surface area contributed by atoms with Gasteiger partial charge in [-0.15, -0.1) is 0 Å². The second-order valence-electron chi connectivity index (χ2n) is 5.14. The molecule has 0 heterocycles. The van der Waals surface area contributed by atoms with Crippen molar-refractivity contribution < 1.29 is 9.53 Å². The Morgan fingerprint density at radius 2 is 1.92 bits per heavy atom. The molecule has 0 aliphatic heterocycles. The summed E-state index contributed by atoms with van der Waals surface area (Å²) in [5.41, 5.74) is 1.42. The number of nitrogens with zero attached hydrogens (tertiary/aromatic N) is 2. The van der Waals surface area contributed by atoms with E-state index in [9.17, 15) is 4.79 Å². The molecule has 2 aromatic carbocycles. The van der Waals surface area contributed by atoms with Crippen LogP contribution in [0.25, 0.3) is 0 Å². The molecule has 5 nitrogen and oxygen atoms in total. The molecule has 0 aliphatic carbocycles. The van der Waals surface area contributed by atoms with Gasteiger partial charge >= 0.3 is 0 Å². The minimum atomic E-state index is -0.393. The molecule has 24 heavy (non-hydrogen) atoms. The zero-order valence-electron chi connectivity index (χ0n) is 12.9. The van der Waals surface area contributed by atoms with Gasteiger partial charge in [0.05, 0.1) is 34.7 Å². The second kappa shape index (κ2) is 8.01. The lowest BCUT2D eigenvalue weighted by Gasteiger charge is -2.14. The Hall–Kier alpha value is -3.02. The molecule has 1 atom stereocenters. The third-order valence-corrected chi connectivity index (χ3v) is 3.60. The molecule has 0 bridgehead atoms. The molecule has 0 saturated carbocycles. The molecule has 1 unspecified atom stereocenters. The van der Waals surface area contributed by atoms with Gasteiger partial charge in [0.1, 0.15) is 11.8 Å². The Balaban J connectivity index is 1.91. The first-order chi connectivity index (χ1) is 11.5. The molecule has 2 rings (SSSR count). The first kappa shape index (κ1) is 17.3. The Bertz CT molecular complexity index is 820. The zero-order chi connectivity index (χ0) is 17.5. The zero-order valence-corrected chi connectivity index (χ0v) is 13.7. The number of hydrogen-bond acceptors (Lipinski definition) is 4. The summed E-state index contributed by atoms with van der Waals surface area (Å²) < 4.78 is 5.55. The maximum atomic E-state index is 12.2. The number of halogens is 1. The molecular weight excluding hydrogens is 326 g/mol. The summed E-state index contributed by atoms with van der Waals surface area (Å²) >= 11 is 5.94. The largest absolute Gasteiger partial charge is 0.493 e. The summed E-state index contributed by atoms with van der Waals surface area (Å²) in [5.74, 6) is -0.0189. The molecule has 0 saturated heterocycles. The van der Waals surface area contributed by atoms with Crippen LogP contribution in [0, 0.1) is 28.6 Å². The monoisotopic (exact) mass is 339 g/mol. The van der Waals surface area contributed by atoms with Crippen LogP contribution >= 0.6 is 11.6 Å². The average Bonchev–Trinajstić information content (AvgIpc) is 2.60. The van der Waals surface area contributed by atoms with Crippen molar-refractivity contribution in [2.24, 2.45) is 5.92 Å². The molecule has 0 radical (unpaired) electrons. The fraction of sp³-hybridized carbons (Fsp3) is 0.167. The first-order valence-corrected chi connectivity index (χ1v) is 7.54. The fourth-order valence-electron chi connectivity index (χ4n) is 1.87. The normalized spacial score (nSPS) is 11.0. The lowest BCUT2D eigenvalue weighted by Crippen LogP contribution is -2.25. The van der Waals surface area contributed by atoms with Crippen LogP contribution in [0.1, 0.15) is 18.1 Å². The number of ether oxygens (including phenoxy) is 1. The van der Waals surface area contributed by atoms with Gasteiger partial charge in [-0.25, -0.2) is 0 Å². The van der Waals surface area contributed by atoms with E-state index in [0.29, 0.717) is 22.6 Å². The first-order valence-electron chi connectivity index (χ1n) is 7.17. The van der Waals surface area contributed by atoms with Crippen LogP contribution in [0.2, 0.25) is 5.02 Å². The number of rotatable bonds is 5. The van der Waals surface area contributed by atoms with Gasteiger partial charge < -0.3 is 10.1 Å². The molecule has 6 heteroatoms. The van der Waals surface area contributed by atoms with Crippen LogP contribution in [0.3, 0.4) is 0 Å². The highest BCUT2D eigenvalue weighted by Gasteiger charge is 2.14. The minimum Gasteiger partial charge on any atom is -0.493 e. The Labute approximate surface area is 145 Å². The highest BCUT2D eigenvalue weighted by Crippen LogP contribution is 2.21. The predicted molar refractivity (Wildman–Crippen MR) is 90.6 cm³/mol. The molecule has 120 valence electrons. The smallest absolute Gasteiger partial charge is 0.230 e. The molecule has 1 amide bonds. The van der Waals surface area contributed by atoms with E-state index in [0.717, 1.165) is 0 Å². The lowest BCUT2D eigenvalue weighted by atomic mass is 10.1. The SMILES string of the molecule is CC(COc1ccc(C#N)cc1)C(=O)Nc1ccc(C#N)c(Cl)c1. The quantitative estimate of drug-likeness (QED) is 0.899. The highest BCUT2D eigenvalue weighted by atomic mass is 35.5. The molecular formula is C18H14ClN3O2. The van der Waals surface area contributed by atoms with Crippen LogP contribution in [0.15, 0.2) is 42.5 Å². The number of nitriles is 2. The summed E-state index contributed by atoms with van der Waals surface area (Å²) in [6, 6.07) is 15.4. The van der Waals surface area contributed by atoms with Crippen molar-refractivity contribution in [3.8, 4) is 17.9 Å². The van der Waals surface area contributed by atoms with Crippen molar-refractivity contribution in [3.05, 3.63) is 58.6 Å². The molecule has 0 spiro atoms. The number of hydrogen-bond donors (Lipinski definition) is 1. The minimum absolute atomic E-state index is 0.196.